The number of guanidine groups is 1. The molecule has 0 aromatic heterocycles. The predicted octanol–water partition coefficient (Wildman–Crippen LogP) is 1.80. The van der Waals surface area contributed by atoms with Crippen LogP contribution in [0.3, 0.4) is 0 Å². The first kappa shape index (κ1) is 9.98. The summed E-state index contributed by atoms with van der Waals surface area (Å²) in [5.74, 6) is -0.463. The highest BCUT2D eigenvalue weighted by Gasteiger charge is 2.04. The van der Waals surface area contributed by atoms with Crippen LogP contribution >= 0.6 is 15.9 Å². The second-order valence-electron chi connectivity index (χ2n) is 2.59. The normalized spacial score (nSPS) is 9.77. The molecular formula is C8H9BrFN3. The Morgan fingerprint density at radius 2 is 2.08 bits per heavy atom. The van der Waals surface area contributed by atoms with Gasteiger partial charge in [-0.3, -0.25) is 0 Å². The fraction of sp³-hybridized carbons (Fsp3) is 0.125. The maximum atomic E-state index is 13.0. The van der Waals surface area contributed by atoms with Gasteiger partial charge in [-0.05, 0) is 34.5 Å². The second-order valence-corrected chi connectivity index (χ2v) is 3.44. The molecule has 0 aliphatic rings. The Labute approximate surface area is 83.8 Å². The zero-order chi connectivity index (χ0) is 10.0. The zero-order valence-electron chi connectivity index (χ0n) is 7.01. The van der Waals surface area contributed by atoms with Crippen LogP contribution in [0, 0.1) is 12.7 Å². The monoisotopic (exact) mass is 245 g/mol. The molecule has 0 unspecified atom stereocenters. The largest absolute Gasteiger partial charge is 0.370 e. The van der Waals surface area contributed by atoms with Gasteiger partial charge >= 0.3 is 0 Å². The van der Waals surface area contributed by atoms with E-state index in [0.717, 1.165) is 5.56 Å². The molecule has 0 amide bonds. The third-order valence-electron chi connectivity index (χ3n) is 1.49. The van der Waals surface area contributed by atoms with Crippen LogP contribution in [0.4, 0.5) is 10.1 Å². The molecule has 0 spiro atoms. The molecule has 0 radical (unpaired) electrons. The Balaban J connectivity index is 3.24. The van der Waals surface area contributed by atoms with E-state index in [-0.39, 0.29) is 11.8 Å². The quantitative estimate of drug-likeness (QED) is 0.586. The lowest BCUT2D eigenvalue weighted by molar-refractivity contribution is 0.621. The molecule has 0 saturated heterocycles. The van der Waals surface area contributed by atoms with E-state index in [0.29, 0.717) is 10.2 Å². The van der Waals surface area contributed by atoms with Crippen molar-refractivity contribution >= 4 is 27.6 Å². The predicted molar refractivity (Wildman–Crippen MR) is 54.3 cm³/mol. The average molecular weight is 246 g/mol. The first-order chi connectivity index (χ1) is 6.00. The summed E-state index contributed by atoms with van der Waals surface area (Å²) in [6.45, 7) is 1.80. The van der Waals surface area contributed by atoms with Crippen LogP contribution in [0.25, 0.3) is 0 Å². The van der Waals surface area contributed by atoms with Crippen LogP contribution in [-0.2, 0) is 0 Å². The maximum Gasteiger partial charge on any atom is 0.191 e. The highest BCUT2D eigenvalue weighted by atomic mass is 79.9. The maximum absolute atomic E-state index is 13.0. The van der Waals surface area contributed by atoms with E-state index < -0.39 is 0 Å². The standard InChI is InChI=1S/C8H9BrFN3/c1-4-2-5(9)6(10)3-7(4)13-8(11)12/h2-3H,1H3,(H4,11,12,13). The Kier molecular flexibility index (Phi) is 2.87. The van der Waals surface area contributed by atoms with Crippen molar-refractivity contribution in [2.45, 2.75) is 6.92 Å². The fourth-order valence-electron chi connectivity index (χ4n) is 0.895. The molecule has 70 valence electrons. The van der Waals surface area contributed by atoms with Crippen molar-refractivity contribution in [2.24, 2.45) is 16.5 Å². The van der Waals surface area contributed by atoms with Gasteiger partial charge in [-0.15, -0.1) is 0 Å². The molecule has 0 saturated carbocycles. The highest BCUT2D eigenvalue weighted by molar-refractivity contribution is 9.10. The molecule has 3 nitrogen and oxygen atoms in total. The molecule has 0 heterocycles. The molecule has 0 atom stereocenters. The summed E-state index contributed by atoms with van der Waals surface area (Å²) in [6, 6.07) is 2.90. The molecule has 0 aliphatic carbocycles. The lowest BCUT2D eigenvalue weighted by Gasteiger charge is -2.02. The Hall–Kier alpha value is -1.10. The van der Waals surface area contributed by atoms with E-state index in [1.54, 1.807) is 13.0 Å². The summed E-state index contributed by atoms with van der Waals surface area (Å²) < 4.78 is 13.4. The summed E-state index contributed by atoms with van der Waals surface area (Å²) in [4.78, 5) is 3.77. The van der Waals surface area contributed by atoms with Gasteiger partial charge < -0.3 is 11.5 Å². The third kappa shape index (κ3) is 2.42. The fourth-order valence-corrected chi connectivity index (χ4v) is 1.35. The lowest BCUT2D eigenvalue weighted by Crippen LogP contribution is -2.22. The molecule has 1 aromatic carbocycles. The van der Waals surface area contributed by atoms with Gasteiger partial charge in [-0.25, -0.2) is 9.38 Å². The van der Waals surface area contributed by atoms with E-state index >= 15 is 0 Å². The van der Waals surface area contributed by atoms with Crippen molar-refractivity contribution in [3.8, 4) is 0 Å². The topological polar surface area (TPSA) is 64.4 Å². The molecule has 0 aliphatic heterocycles. The van der Waals surface area contributed by atoms with E-state index in [9.17, 15) is 4.39 Å². The van der Waals surface area contributed by atoms with Crippen LogP contribution < -0.4 is 11.5 Å². The molecule has 0 fully saturated rings. The number of nitrogens with two attached hydrogens (primary N) is 2. The van der Waals surface area contributed by atoms with Crippen LogP contribution in [0.5, 0.6) is 0 Å². The number of hydrogen-bond donors (Lipinski definition) is 2. The summed E-state index contributed by atoms with van der Waals surface area (Å²) in [5.41, 5.74) is 11.6. The van der Waals surface area contributed by atoms with Crippen molar-refractivity contribution in [1.82, 2.24) is 0 Å². The minimum Gasteiger partial charge on any atom is -0.370 e. The minimum atomic E-state index is -0.384. The van der Waals surface area contributed by atoms with Crippen molar-refractivity contribution in [3.63, 3.8) is 0 Å². The van der Waals surface area contributed by atoms with E-state index in [1.165, 1.54) is 6.07 Å². The number of aryl methyl sites for hydroxylation is 1. The van der Waals surface area contributed by atoms with Gasteiger partial charge in [-0.1, -0.05) is 0 Å². The first-order valence-corrected chi connectivity index (χ1v) is 4.35. The number of aliphatic imine (C=N–C) groups is 1. The molecule has 1 rings (SSSR count). The molecule has 0 bridgehead atoms. The second kappa shape index (κ2) is 3.74. The number of benzene rings is 1. The van der Waals surface area contributed by atoms with Crippen LogP contribution in [0.15, 0.2) is 21.6 Å². The number of halogens is 2. The number of nitrogens with zero attached hydrogens (tertiary/aromatic N) is 1. The lowest BCUT2D eigenvalue weighted by atomic mass is 10.2. The minimum absolute atomic E-state index is 0.0789. The van der Waals surface area contributed by atoms with E-state index in [4.69, 9.17) is 11.5 Å². The molecule has 4 N–H and O–H groups in total. The van der Waals surface area contributed by atoms with Crippen molar-refractivity contribution in [1.29, 1.82) is 0 Å². The summed E-state index contributed by atoms with van der Waals surface area (Å²) >= 11 is 3.06. The summed E-state index contributed by atoms with van der Waals surface area (Å²) in [5, 5.41) is 0. The SMILES string of the molecule is Cc1cc(Br)c(F)cc1N=C(N)N. The molecule has 5 heteroatoms. The van der Waals surface area contributed by atoms with Gasteiger partial charge in [-0.2, -0.15) is 0 Å². The van der Waals surface area contributed by atoms with Gasteiger partial charge in [0, 0.05) is 6.07 Å². The number of rotatable bonds is 1. The van der Waals surface area contributed by atoms with Crippen LogP contribution in [0.2, 0.25) is 0 Å². The molecule has 13 heavy (non-hydrogen) atoms. The van der Waals surface area contributed by atoms with E-state index in [2.05, 4.69) is 20.9 Å². The smallest absolute Gasteiger partial charge is 0.191 e. The van der Waals surface area contributed by atoms with Crippen LogP contribution in [-0.4, -0.2) is 5.96 Å². The molecule has 1 aromatic rings. The number of hydrogen-bond acceptors (Lipinski definition) is 1. The zero-order valence-corrected chi connectivity index (χ0v) is 8.60. The highest BCUT2D eigenvalue weighted by Crippen LogP contribution is 2.25. The Morgan fingerprint density at radius 1 is 1.46 bits per heavy atom. The van der Waals surface area contributed by atoms with E-state index in [1.807, 2.05) is 0 Å². The Morgan fingerprint density at radius 3 is 2.62 bits per heavy atom. The van der Waals surface area contributed by atoms with Gasteiger partial charge in [0.15, 0.2) is 5.96 Å². The first-order valence-electron chi connectivity index (χ1n) is 3.56. The van der Waals surface area contributed by atoms with Gasteiger partial charge in [0.1, 0.15) is 5.82 Å². The van der Waals surface area contributed by atoms with Gasteiger partial charge in [0.25, 0.3) is 0 Å². The van der Waals surface area contributed by atoms with Crippen LogP contribution in [0.1, 0.15) is 5.56 Å². The van der Waals surface area contributed by atoms with Crippen molar-refractivity contribution in [2.75, 3.05) is 0 Å². The molecular weight excluding hydrogens is 237 g/mol. The van der Waals surface area contributed by atoms with Crippen molar-refractivity contribution in [3.05, 3.63) is 28.0 Å². The van der Waals surface area contributed by atoms with Gasteiger partial charge in [0.2, 0.25) is 0 Å². The Bertz CT molecular complexity index is 359. The third-order valence-corrected chi connectivity index (χ3v) is 2.10. The summed E-state index contributed by atoms with van der Waals surface area (Å²) in [7, 11) is 0. The average Bonchev–Trinajstić information content (AvgIpc) is 1.99. The summed E-state index contributed by atoms with van der Waals surface area (Å²) in [6.07, 6.45) is 0. The van der Waals surface area contributed by atoms with Gasteiger partial charge in [0.05, 0.1) is 10.2 Å². The van der Waals surface area contributed by atoms with Crippen molar-refractivity contribution < 1.29 is 4.39 Å².